The zero-order valence-electron chi connectivity index (χ0n) is 23.0. The van der Waals surface area contributed by atoms with Crippen LogP contribution in [0.5, 0.6) is 0 Å². The monoisotopic (exact) mass is 521 g/mol. The molecule has 9 heteroatoms. The summed E-state index contributed by atoms with van der Waals surface area (Å²) in [5.41, 5.74) is 0. The number of carbonyl (C=O) groups excluding carboxylic acids is 1. The van der Waals surface area contributed by atoms with Gasteiger partial charge in [0.2, 0.25) is 5.91 Å². The van der Waals surface area contributed by atoms with Crippen molar-refractivity contribution >= 4 is 13.7 Å². The van der Waals surface area contributed by atoms with Crippen molar-refractivity contribution in [2.75, 3.05) is 40.9 Å². The third-order valence-electron chi connectivity index (χ3n) is 5.76. The summed E-state index contributed by atoms with van der Waals surface area (Å²) in [5.74, 6) is -0.201. The lowest BCUT2D eigenvalue weighted by Crippen LogP contribution is -2.45. The van der Waals surface area contributed by atoms with Gasteiger partial charge in [-0.2, -0.15) is 0 Å². The largest absolute Gasteiger partial charge is 0.472 e. The molecule has 0 aliphatic carbocycles. The summed E-state index contributed by atoms with van der Waals surface area (Å²) >= 11 is 0. The van der Waals surface area contributed by atoms with Gasteiger partial charge in [-0.3, -0.25) is 13.8 Å². The molecule has 0 radical (unpaired) electrons. The third-order valence-corrected chi connectivity index (χ3v) is 6.74. The number of aliphatic hydroxyl groups excluding tert-OH is 1. The summed E-state index contributed by atoms with van der Waals surface area (Å²) in [6, 6.07) is -0.832. The highest BCUT2D eigenvalue weighted by Crippen LogP contribution is 2.43. The Bertz CT molecular complexity index is 609. The number of phosphoric ester groups is 1. The van der Waals surface area contributed by atoms with Crippen LogP contribution in [0.4, 0.5) is 0 Å². The van der Waals surface area contributed by atoms with Crippen molar-refractivity contribution in [1.82, 2.24) is 5.32 Å². The first-order valence-corrected chi connectivity index (χ1v) is 15.1. The maximum absolute atomic E-state index is 12.4. The lowest BCUT2D eigenvalue weighted by atomic mass is 10.1. The number of hydrogen-bond donors (Lipinski definition) is 3. The minimum absolute atomic E-state index is 0.0621. The molecule has 1 amide bonds. The van der Waals surface area contributed by atoms with Gasteiger partial charge in [0, 0.05) is 6.42 Å². The maximum atomic E-state index is 12.4. The summed E-state index contributed by atoms with van der Waals surface area (Å²) in [5, 5.41) is 13.4. The maximum Gasteiger partial charge on any atom is 0.472 e. The zero-order valence-corrected chi connectivity index (χ0v) is 23.9. The van der Waals surface area contributed by atoms with E-state index in [1.54, 1.807) is 6.08 Å². The van der Waals surface area contributed by atoms with Gasteiger partial charge in [0.05, 0.1) is 39.9 Å². The predicted molar refractivity (Wildman–Crippen MR) is 143 cm³/mol. The fourth-order valence-corrected chi connectivity index (χ4v) is 4.18. The van der Waals surface area contributed by atoms with Crippen LogP contribution in [0.2, 0.25) is 0 Å². The van der Waals surface area contributed by atoms with Gasteiger partial charge in [0.15, 0.2) is 0 Å². The van der Waals surface area contributed by atoms with Crippen molar-refractivity contribution in [2.45, 2.75) is 109 Å². The fourth-order valence-electron chi connectivity index (χ4n) is 3.45. The molecule has 0 aromatic rings. The van der Waals surface area contributed by atoms with Crippen molar-refractivity contribution in [3.05, 3.63) is 12.2 Å². The number of likely N-dealkylation sites (N-methyl/N-ethyl adjacent to an activating group) is 1. The van der Waals surface area contributed by atoms with Gasteiger partial charge in [-0.05, 0) is 19.3 Å². The van der Waals surface area contributed by atoms with Crippen molar-refractivity contribution in [3.8, 4) is 0 Å². The molecule has 0 saturated carbocycles. The van der Waals surface area contributed by atoms with Crippen LogP contribution < -0.4 is 5.32 Å². The topological polar surface area (TPSA) is 105 Å². The highest BCUT2D eigenvalue weighted by atomic mass is 31.2. The smallest absolute Gasteiger partial charge is 0.387 e. The number of quaternary nitrogens is 1. The average molecular weight is 522 g/mol. The number of aliphatic hydroxyl groups is 1. The highest BCUT2D eigenvalue weighted by Gasteiger charge is 2.27. The van der Waals surface area contributed by atoms with E-state index in [1.165, 1.54) is 32.1 Å². The van der Waals surface area contributed by atoms with E-state index in [9.17, 15) is 19.4 Å². The Morgan fingerprint density at radius 1 is 0.943 bits per heavy atom. The number of carbonyl (C=O) groups is 1. The SMILES string of the molecule is CCCCCCCCC/C=C\[C@@H](O)[C@H](COP(=O)(O)OCC[N+](C)(C)C)NC(=O)CCCCCC. The van der Waals surface area contributed by atoms with Gasteiger partial charge >= 0.3 is 7.82 Å². The van der Waals surface area contributed by atoms with Crippen LogP contribution in [-0.4, -0.2) is 73.4 Å². The fraction of sp³-hybridized carbons (Fsp3) is 0.885. The molecule has 0 rings (SSSR count). The molecule has 0 aliphatic heterocycles. The Hall–Kier alpha value is -0.760. The van der Waals surface area contributed by atoms with E-state index in [0.717, 1.165) is 44.9 Å². The Balaban J connectivity index is 4.71. The molecule has 0 fully saturated rings. The number of rotatable bonds is 23. The lowest BCUT2D eigenvalue weighted by Gasteiger charge is -2.25. The van der Waals surface area contributed by atoms with E-state index < -0.39 is 20.0 Å². The molecule has 0 aromatic carbocycles. The molecular weight excluding hydrogens is 467 g/mol. The summed E-state index contributed by atoms with van der Waals surface area (Å²) in [6.45, 7) is 4.60. The van der Waals surface area contributed by atoms with E-state index >= 15 is 0 Å². The van der Waals surface area contributed by atoms with Crippen LogP contribution in [0.15, 0.2) is 12.2 Å². The quantitative estimate of drug-likeness (QED) is 0.0726. The first-order chi connectivity index (χ1) is 16.5. The summed E-state index contributed by atoms with van der Waals surface area (Å²) in [7, 11) is 1.56. The van der Waals surface area contributed by atoms with Gasteiger partial charge in [0.25, 0.3) is 0 Å². The van der Waals surface area contributed by atoms with Crippen molar-refractivity contribution < 1.29 is 32.9 Å². The molecule has 0 saturated heterocycles. The third kappa shape index (κ3) is 22.2. The number of nitrogens with one attached hydrogen (secondary N) is 1. The second kappa shape index (κ2) is 20.3. The molecule has 0 aromatic heterocycles. The molecule has 3 N–H and O–H groups in total. The first-order valence-electron chi connectivity index (χ1n) is 13.6. The zero-order chi connectivity index (χ0) is 26.6. The Morgan fingerprint density at radius 3 is 2.11 bits per heavy atom. The number of nitrogens with zero attached hydrogens (tertiary/aromatic N) is 1. The molecule has 0 heterocycles. The number of amides is 1. The number of allylic oxidation sites excluding steroid dienone is 1. The normalized spacial score (nSPS) is 15.7. The van der Waals surface area contributed by atoms with Gasteiger partial charge in [-0.25, -0.2) is 4.57 Å². The van der Waals surface area contributed by atoms with Crippen molar-refractivity contribution in [3.63, 3.8) is 0 Å². The van der Waals surface area contributed by atoms with Crippen LogP contribution >= 0.6 is 7.82 Å². The second-order valence-corrected chi connectivity index (χ2v) is 11.9. The van der Waals surface area contributed by atoms with Crippen LogP contribution in [0.1, 0.15) is 97.3 Å². The molecular formula is C26H54N2O6P+. The molecule has 35 heavy (non-hydrogen) atoms. The van der Waals surface area contributed by atoms with E-state index in [-0.39, 0.29) is 19.1 Å². The minimum atomic E-state index is -4.29. The average Bonchev–Trinajstić information content (AvgIpc) is 2.77. The van der Waals surface area contributed by atoms with Gasteiger partial charge in [-0.15, -0.1) is 0 Å². The molecule has 0 bridgehead atoms. The highest BCUT2D eigenvalue weighted by molar-refractivity contribution is 7.47. The van der Waals surface area contributed by atoms with Gasteiger partial charge < -0.3 is 19.8 Å². The standard InChI is InChI=1S/C26H53N2O6P/c1-6-8-10-12-13-14-15-16-17-19-25(29)24(27-26(30)20-18-11-9-7-2)23-34-35(31,32)33-22-21-28(3,4)5/h17,19,24-25,29H,6-16,18,20-23H2,1-5H3,(H-,27,30,31,32)/p+1/b19-17-/t24-,25+/m0/s1. The van der Waals surface area contributed by atoms with E-state index in [1.807, 2.05) is 27.2 Å². The summed E-state index contributed by atoms with van der Waals surface area (Å²) < 4.78 is 23.0. The van der Waals surface area contributed by atoms with E-state index in [2.05, 4.69) is 19.2 Å². The van der Waals surface area contributed by atoms with E-state index in [4.69, 9.17) is 9.05 Å². The van der Waals surface area contributed by atoms with Crippen molar-refractivity contribution in [1.29, 1.82) is 0 Å². The summed E-state index contributed by atoms with van der Waals surface area (Å²) in [4.78, 5) is 22.4. The van der Waals surface area contributed by atoms with E-state index in [0.29, 0.717) is 17.4 Å². The number of unbranched alkanes of at least 4 members (excludes halogenated alkanes) is 10. The predicted octanol–water partition coefficient (Wildman–Crippen LogP) is 5.34. The molecule has 0 aliphatic rings. The molecule has 8 nitrogen and oxygen atoms in total. The first kappa shape index (κ1) is 34.2. The van der Waals surface area contributed by atoms with Gasteiger partial charge in [0.1, 0.15) is 13.2 Å². The van der Waals surface area contributed by atoms with Gasteiger partial charge in [-0.1, -0.05) is 83.8 Å². The minimum Gasteiger partial charge on any atom is -0.387 e. The van der Waals surface area contributed by atoms with Crippen LogP contribution in [0.25, 0.3) is 0 Å². The Labute approximate surface area is 214 Å². The molecule has 0 spiro atoms. The summed E-state index contributed by atoms with van der Waals surface area (Å²) in [6.07, 6.45) is 16.1. The Kier molecular flexibility index (Phi) is 19.9. The molecule has 3 atom stereocenters. The number of phosphoric acid groups is 1. The molecule has 208 valence electrons. The lowest BCUT2D eigenvalue weighted by molar-refractivity contribution is -0.870. The van der Waals surface area contributed by atoms with Crippen LogP contribution in [0, 0.1) is 0 Å². The second-order valence-electron chi connectivity index (χ2n) is 10.4. The number of hydrogen-bond acceptors (Lipinski definition) is 5. The molecule has 1 unspecified atom stereocenters. The van der Waals surface area contributed by atoms with Crippen molar-refractivity contribution in [2.24, 2.45) is 0 Å². The van der Waals surface area contributed by atoms with Crippen LogP contribution in [0.3, 0.4) is 0 Å². The van der Waals surface area contributed by atoms with Crippen LogP contribution in [-0.2, 0) is 18.4 Å². The Morgan fingerprint density at radius 2 is 1.51 bits per heavy atom.